The summed E-state index contributed by atoms with van der Waals surface area (Å²) in [5.74, 6) is -0.114. The molecule has 88 valence electrons. The molecule has 0 aromatic heterocycles. The van der Waals surface area contributed by atoms with Gasteiger partial charge in [-0.25, -0.2) is 0 Å². The van der Waals surface area contributed by atoms with Gasteiger partial charge in [-0.2, -0.15) is 0 Å². The Labute approximate surface area is 96.0 Å². The van der Waals surface area contributed by atoms with Crippen molar-refractivity contribution < 1.29 is 4.79 Å². The number of hydrogen-bond acceptors (Lipinski definition) is 3. The second-order valence-corrected chi connectivity index (χ2v) is 3.73. The predicted octanol–water partition coefficient (Wildman–Crippen LogP) is 0.0214. The molecular formula is C12H19N3O. The Kier molecular flexibility index (Phi) is 5.53. The molecule has 0 spiro atoms. The van der Waals surface area contributed by atoms with E-state index in [1.54, 1.807) is 0 Å². The van der Waals surface area contributed by atoms with Gasteiger partial charge in [0.15, 0.2) is 0 Å². The highest BCUT2D eigenvalue weighted by Gasteiger charge is 2.12. The Morgan fingerprint density at radius 2 is 2.00 bits per heavy atom. The third kappa shape index (κ3) is 4.42. The van der Waals surface area contributed by atoms with Crippen molar-refractivity contribution in [2.24, 2.45) is 11.5 Å². The molecule has 5 N–H and O–H groups in total. The standard InChI is InChI=1S/C12H19N3O/c13-7-4-8-15-12(16)11(14)9-10-5-2-1-3-6-10/h1-3,5-6,11H,4,7-9,13-14H2,(H,15,16)/t11-/m1/s1. The van der Waals surface area contributed by atoms with Gasteiger partial charge >= 0.3 is 0 Å². The van der Waals surface area contributed by atoms with E-state index >= 15 is 0 Å². The number of carbonyl (C=O) groups is 1. The fraction of sp³-hybridized carbons (Fsp3) is 0.417. The van der Waals surface area contributed by atoms with Crippen LogP contribution in [0.15, 0.2) is 30.3 Å². The Balaban J connectivity index is 2.34. The fourth-order valence-corrected chi connectivity index (χ4v) is 1.41. The van der Waals surface area contributed by atoms with E-state index in [0.717, 1.165) is 12.0 Å². The summed E-state index contributed by atoms with van der Waals surface area (Å²) in [4.78, 5) is 11.5. The van der Waals surface area contributed by atoms with Crippen molar-refractivity contribution in [2.75, 3.05) is 13.1 Å². The molecule has 0 aliphatic heterocycles. The minimum absolute atomic E-state index is 0.114. The Bertz CT molecular complexity index is 313. The highest BCUT2D eigenvalue weighted by molar-refractivity contribution is 5.81. The van der Waals surface area contributed by atoms with Crippen LogP contribution in [0.5, 0.6) is 0 Å². The van der Waals surface area contributed by atoms with Crippen LogP contribution in [-0.2, 0) is 11.2 Å². The summed E-state index contributed by atoms with van der Waals surface area (Å²) in [5.41, 5.74) is 12.2. The van der Waals surface area contributed by atoms with E-state index in [0.29, 0.717) is 19.5 Å². The number of amides is 1. The van der Waals surface area contributed by atoms with Crippen LogP contribution in [0.1, 0.15) is 12.0 Å². The summed E-state index contributed by atoms with van der Waals surface area (Å²) in [5, 5.41) is 2.76. The number of benzene rings is 1. The lowest BCUT2D eigenvalue weighted by molar-refractivity contribution is -0.122. The Hall–Kier alpha value is -1.39. The van der Waals surface area contributed by atoms with Gasteiger partial charge < -0.3 is 16.8 Å². The zero-order valence-corrected chi connectivity index (χ0v) is 9.36. The van der Waals surface area contributed by atoms with E-state index in [9.17, 15) is 4.79 Å². The van der Waals surface area contributed by atoms with E-state index in [1.165, 1.54) is 0 Å². The SMILES string of the molecule is NCCCNC(=O)[C@H](N)Cc1ccccc1. The van der Waals surface area contributed by atoms with Crippen LogP contribution < -0.4 is 16.8 Å². The number of nitrogens with two attached hydrogens (primary N) is 2. The molecule has 0 heterocycles. The van der Waals surface area contributed by atoms with Crippen molar-refractivity contribution in [3.63, 3.8) is 0 Å². The van der Waals surface area contributed by atoms with E-state index in [-0.39, 0.29) is 5.91 Å². The van der Waals surface area contributed by atoms with E-state index < -0.39 is 6.04 Å². The molecule has 1 amide bonds. The number of rotatable bonds is 6. The first-order valence-electron chi connectivity index (χ1n) is 5.51. The third-order valence-electron chi connectivity index (χ3n) is 2.32. The highest BCUT2D eigenvalue weighted by Crippen LogP contribution is 2.01. The normalized spacial score (nSPS) is 12.1. The molecule has 4 nitrogen and oxygen atoms in total. The average molecular weight is 221 g/mol. The van der Waals surface area contributed by atoms with Gasteiger partial charge in [0, 0.05) is 6.54 Å². The van der Waals surface area contributed by atoms with Crippen molar-refractivity contribution >= 4 is 5.91 Å². The molecule has 1 rings (SSSR count). The van der Waals surface area contributed by atoms with Crippen molar-refractivity contribution in [1.82, 2.24) is 5.32 Å². The number of nitrogens with one attached hydrogen (secondary N) is 1. The summed E-state index contributed by atoms with van der Waals surface area (Å²) < 4.78 is 0. The first-order valence-corrected chi connectivity index (χ1v) is 5.51. The lowest BCUT2D eigenvalue weighted by Gasteiger charge is -2.11. The van der Waals surface area contributed by atoms with Crippen LogP contribution in [0.4, 0.5) is 0 Å². The molecule has 0 unspecified atom stereocenters. The minimum atomic E-state index is -0.486. The molecule has 4 heteroatoms. The Morgan fingerprint density at radius 3 is 2.62 bits per heavy atom. The topological polar surface area (TPSA) is 81.1 Å². The van der Waals surface area contributed by atoms with E-state index in [1.807, 2.05) is 30.3 Å². The van der Waals surface area contributed by atoms with Gasteiger partial charge in [-0.1, -0.05) is 30.3 Å². The molecule has 0 saturated carbocycles. The van der Waals surface area contributed by atoms with E-state index in [2.05, 4.69) is 5.32 Å². The van der Waals surface area contributed by atoms with Gasteiger partial charge in [0.2, 0.25) is 5.91 Å². The lowest BCUT2D eigenvalue weighted by Crippen LogP contribution is -2.42. The fourth-order valence-electron chi connectivity index (χ4n) is 1.41. The second-order valence-electron chi connectivity index (χ2n) is 3.73. The first-order chi connectivity index (χ1) is 7.74. The largest absolute Gasteiger partial charge is 0.355 e. The summed E-state index contributed by atoms with van der Waals surface area (Å²) >= 11 is 0. The van der Waals surface area contributed by atoms with E-state index in [4.69, 9.17) is 11.5 Å². The van der Waals surface area contributed by atoms with Gasteiger partial charge in [0.1, 0.15) is 0 Å². The van der Waals surface area contributed by atoms with Gasteiger partial charge in [0.05, 0.1) is 6.04 Å². The van der Waals surface area contributed by atoms with Gasteiger partial charge in [-0.05, 0) is 24.9 Å². The molecule has 1 aromatic rings. The highest BCUT2D eigenvalue weighted by atomic mass is 16.2. The maximum atomic E-state index is 11.5. The van der Waals surface area contributed by atoms with Crippen LogP contribution in [-0.4, -0.2) is 25.0 Å². The van der Waals surface area contributed by atoms with Crippen molar-refractivity contribution in [2.45, 2.75) is 18.9 Å². The molecule has 1 aromatic carbocycles. The molecule has 0 saturated heterocycles. The monoisotopic (exact) mass is 221 g/mol. The first kappa shape index (κ1) is 12.7. The second kappa shape index (κ2) is 6.98. The molecule has 1 atom stereocenters. The summed E-state index contributed by atoms with van der Waals surface area (Å²) in [7, 11) is 0. The van der Waals surface area contributed by atoms with Crippen LogP contribution >= 0.6 is 0 Å². The molecule has 0 fully saturated rings. The zero-order chi connectivity index (χ0) is 11.8. The lowest BCUT2D eigenvalue weighted by atomic mass is 10.1. The average Bonchev–Trinajstić information content (AvgIpc) is 2.30. The number of hydrogen-bond donors (Lipinski definition) is 3. The molecule has 16 heavy (non-hydrogen) atoms. The molecule has 0 radical (unpaired) electrons. The quantitative estimate of drug-likeness (QED) is 0.592. The van der Waals surface area contributed by atoms with Crippen molar-refractivity contribution in [1.29, 1.82) is 0 Å². The maximum absolute atomic E-state index is 11.5. The predicted molar refractivity (Wildman–Crippen MR) is 64.8 cm³/mol. The smallest absolute Gasteiger partial charge is 0.237 e. The van der Waals surface area contributed by atoms with Gasteiger partial charge in [-0.15, -0.1) is 0 Å². The summed E-state index contributed by atoms with van der Waals surface area (Å²) in [6.45, 7) is 1.17. The molecule has 0 aliphatic rings. The zero-order valence-electron chi connectivity index (χ0n) is 9.36. The number of carbonyl (C=O) groups excluding carboxylic acids is 1. The minimum Gasteiger partial charge on any atom is -0.355 e. The van der Waals surface area contributed by atoms with Crippen LogP contribution in [0.3, 0.4) is 0 Å². The van der Waals surface area contributed by atoms with Crippen LogP contribution in [0.2, 0.25) is 0 Å². The van der Waals surface area contributed by atoms with Crippen LogP contribution in [0.25, 0.3) is 0 Å². The van der Waals surface area contributed by atoms with Crippen molar-refractivity contribution in [3.8, 4) is 0 Å². The Morgan fingerprint density at radius 1 is 1.31 bits per heavy atom. The molecule has 0 aliphatic carbocycles. The molecular weight excluding hydrogens is 202 g/mol. The van der Waals surface area contributed by atoms with Gasteiger partial charge in [-0.3, -0.25) is 4.79 Å². The van der Waals surface area contributed by atoms with Gasteiger partial charge in [0.25, 0.3) is 0 Å². The summed E-state index contributed by atoms with van der Waals surface area (Å²) in [6, 6.07) is 9.26. The van der Waals surface area contributed by atoms with Crippen LogP contribution in [0, 0.1) is 0 Å². The third-order valence-corrected chi connectivity index (χ3v) is 2.32. The van der Waals surface area contributed by atoms with Crippen molar-refractivity contribution in [3.05, 3.63) is 35.9 Å². The summed E-state index contributed by atoms with van der Waals surface area (Å²) in [6.07, 6.45) is 1.35. The molecule has 0 bridgehead atoms. The maximum Gasteiger partial charge on any atom is 0.237 e.